The first-order valence-corrected chi connectivity index (χ1v) is 7.74. The summed E-state index contributed by atoms with van der Waals surface area (Å²) in [5.74, 6) is 2.55. The van der Waals surface area contributed by atoms with E-state index >= 15 is 0 Å². The third-order valence-corrected chi connectivity index (χ3v) is 3.26. The fourth-order valence-electron chi connectivity index (χ4n) is 1.99. The zero-order valence-corrected chi connectivity index (χ0v) is 13.4. The topological polar surface area (TPSA) is 37.6 Å². The highest BCUT2D eigenvalue weighted by atomic mass is 16.5. The number of ether oxygens (including phenoxy) is 1. The first-order valence-electron chi connectivity index (χ1n) is 7.74. The first kappa shape index (κ1) is 17.2. The molecule has 0 aromatic carbocycles. The van der Waals surface area contributed by atoms with Gasteiger partial charge in [-0.05, 0) is 37.7 Å². The molecule has 0 unspecified atom stereocenters. The lowest BCUT2D eigenvalue weighted by molar-refractivity contribution is 0.0836. The highest BCUT2D eigenvalue weighted by Crippen LogP contribution is 2.09. The molecule has 0 fully saturated rings. The smallest absolute Gasteiger partial charge is 0.129 e. The molecule has 4 heteroatoms. The van der Waals surface area contributed by atoms with E-state index in [1.165, 1.54) is 0 Å². The maximum Gasteiger partial charge on any atom is 0.129 e. The van der Waals surface area contributed by atoms with Gasteiger partial charge in [-0.2, -0.15) is 0 Å². The zero-order valence-electron chi connectivity index (χ0n) is 13.4. The minimum absolute atomic E-state index is 0.561. The van der Waals surface area contributed by atoms with E-state index in [0.717, 1.165) is 50.9 Å². The summed E-state index contributed by atoms with van der Waals surface area (Å²) in [6.45, 7) is 15.0. The summed E-state index contributed by atoms with van der Waals surface area (Å²) in [5, 5.41) is 3.37. The van der Waals surface area contributed by atoms with E-state index in [2.05, 4.69) is 37.9 Å². The second-order valence-electron chi connectivity index (χ2n) is 5.47. The Labute approximate surface area is 123 Å². The lowest BCUT2D eigenvalue weighted by atomic mass is 10.2. The van der Waals surface area contributed by atoms with Crippen LogP contribution >= 0.6 is 0 Å². The highest BCUT2D eigenvalue weighted by molar-refractivity contribution is 5.06. The fraction of sp³-hybridized carbons (Fsp3) is 0.750. The van der Waals surface area contributed by atoms with E-state index in [-0.39, 0.29) is 0 Å². The summed E-state index contributed by atoms with van der Waals surface area (Å²) in [5.41, 5.74) is 0. The lowest BCUT2D eigenvalue weighted by Gasteiger charge is -2.17. The highest BCUT2D eigenvalue weighted by Gasteiger charge is 2.03. The maximum atomic E-state index is 5.72. The molecule has 0 saturated carbocycles. The molecule has 0 amide bonds. The van der Waals surface area contributed by atoms with Crippen LogP contribution in [0.25, 0.3) is 0 Å². The Morgan fingerprint density at radius 2 is 1.90 bits per heavy atom. The Morgan fingerprint density at radius 1 is 1.20 bits per heavy atom. The molecule has 20 heavy (non-hydrogen) atoms. The van der Waals surface area contributed by atoms with Gasteiger partial charge in [0, 0.05) is 6.54 Å². The number of furan rings is 1. The normalized spacial score (nSPS) is 11.7. The molecule has 1 heterocycles. The van der Waals surface area contributed by atoms with Crippen molar-refractivity contribution in [1.29, 1.82) is 0 Å². The molecule has 0 aliphatic rings. The van der Waals surface area contributed by atoms with Gasteiger partial charge in [-0.3, -0.25) is 0 Å². The number of likely N-dealkylation sites (N-methyl/N-ethyl adjacent to an activating group) is 1. The Hall–Kier alpha value is -0.840. The SMILES string of the molecule is CCN(CC)CCOCc1ccc(CNCC(C)C)o1. The van der Waals surface area contributed by atoms with Crippen molar-refractivity contribution < 1.29 is 9.15 Å². The largest absolute Gasteiger partial charge is 0.462 e. The van der Waals surface area contributed by atoms with Crippen LogP contribution in [0.3, 0.4) is 0 Å². The number of rotatable bonds is 11. The van der Waals surface area contributed by atoms with Crippen LogP contribution in [-0.4, -0.2) is 37.7 Å². The molecule has 0 spiro atoms. The van der Waals surface area contributed by atoms with Gasteiger partial charge in [0.15, 0.2) is 0 Å². The molecule has 0 atom stereocenters. The van der Waals surface area contributed by atoms with Crippen LogP contribution in [-0.2, 0) is 17.9 Å². The Balaban J connectivity index is 2.17. The molecule has 116 valence electrons. The lowest BCUT2D eigenvalue weighted by Crippen LogP contribution is -2.26. The molecule has 4 nitrogen and oxygen atoms in total. The van der Waals surface area contributed by atoms with Gasteiger partial charge in [0.2, 0.25) is 0 Å². The van der Waals surface area contributed by atoms with Gasteiger partial charge in [0.25, 0.3) is 0 Å². The molecule has 0 aliphatic heterocycles. The van der Waals surface area contributed by atoms with Gasteiger partial charge in [-0.25, -0.2) is 0 Å². The first-order chi connectivity index (χ1) is 9.65. The standard InChI is InChI=1S/C16H30N2O2/c1-5-18(6-2)9-10-19-13-16-8-7-15(20-16)12-17-11-14(3)4/h7-8,14,17H,5-6,9-13H2,1-4H3. The Morgan fingerprint density at radius 3 is 2.55 bits per heavy atom. The molecule has 1 aromatic heterocycles. The summed E-state index contributed by atoms with van der Waals surface area (Å²) < 4.78 is 11.4. The van der Waals surface area contributed by atoms with Crippen molar-refractivity contribution in [3.05, 3.63) is 23.7 Å². The molecule has 0 radical (unpaired) electrons. The minimum Gasteiger partial charge on any atom is -0.462 e. The van der Waals surface area contributed by atoms with Crippen LogP contribution < -0.4 is 5.32 Å². The quantitative estimate of drug-likeness (QED) is 0.633. The van der Waals surface area contributed by atoms with Crippen molar-refractivity contribution in [2.75, 3.05) is 32.8 Å². The second-order valence-corrected chi connectivity index (χ2v) is 5.47. The molecule has 1 rings (SSSR count). The molecule has 1 aromatic rings. The van der Waals surface area contributed by atoms with Crippen molar-refractivity contribution in [2.24, 2.45) is 5.92 Å². The van der Waals surface area contributed by atoms with Crippen molar-refractivity contribution in [3.63, 3.8) is 0 Å². The van der Waals surface area contributed by atoms with E-state index in [1.54, 1.807) is 0 Å². The van der Waals surface area contributed by atoms with Crippen LogP contribution in [0.1, 0.15) is 39.2 Å². The number of nitrogens with one attached hydrogen (secondary N) is 1. The fourth-order valence-corrected chi connectivity index (χ4v) is 1.99. The average Bonchev–Trinajstić information content (AvgIpc) is 2.86. The molecule has 1 N–H and O–H groups in total. The van der Waals surface area contributed by atoms with E-state index in [1.807, 2.05) is 12.1 Å². The van der Waals surface area contributed by atoms with E-state index < -0.39 is 0 Å². The van der Waals surface area contributed by atoms with Crippen molar-refractivity contribution in [3.8, 4) is 0 Å². The summed E-state index contributed by atoms with van der Waals surface area (Å²) in [4.78, 5) is 2.35. The average molecular weight is 282 g/mol. The predicted molar refractivity (Wildman–Crippen MR) is 82.7 cm³/mol. The summed E-state index contributed by atoms with van der Waals surface area (Å²) in [6, 6.07) is 4.03. The van der Waals surface area contributed by atoms with Gasteiger partial charge in [0.05, 0.1) is 13.2 Å². The molecular formula is C16H30N2O2. The predicted octanol–water partition coefficient (Wildman–Crippen LogP) is 2.88. The van der Waals surface area contributed by atoms with Crippen molar-refractivity contribution in [2.45, 2.75) is 40.8 Å². The molecule has 0 saturated heterocycles. The molecule has 0 bridgehead atoms. The minimum atomic E-state index is 0.561. The van der Waals surface area contributed by atoms with Gasteiger partial charge >= 0.3 is 0 Å². The van der Waals surface area contributed by atoms with Crippen LogP contribution in [0.2, 0.25) is 0 Å². The van der Waals surface area contributed by atoms with Gasteiger partial charge in [-0.15, -0.1) is 0 Å². The molecular weight excluding hydrogens is 252 g/mol. The van der Waals surface area contributed by atoms with E-state index in [9.17, 15) is 0 Å². The van der Waals surface area contributed by atoms with Crippen LogP contribution in [0, 0.1) is 5.92 Å². The van der Waals surface area contributed by atoms with E-state index in [0.29, 0.717) is 12.5 Å². The van der Waals surface area contributed by atoms with Crippen LogP contribution in [0.4, 0.5) is 0 Å². The Bertz CT molecular complexity index is 346. The van der Waals surface area contributed by atoms with Crippen LogP contribution in [0.15, 0.2) is 16.5 Å². The number of hydrogen-bond donors (Lipinski definition) is 1. The summed E-state index contributed by atoms with van der Waals surface area (Å²) >= 11 is 0. The third kappa shape index (κ3) is 7.08. The van der Waals surface area contributed by atoms with Crippen molar-refractivity contribution in [1.82, 2.24) is 10.2 Å². The van der Waals surface area contributed by atoms with Crippen LogP contribution in [0.5, 0.6) is 0 Å². The molecule has 0 aliphatic carbocycles. The maximum absolute atomic E-state index is 5.72. The number of hydrogen-bond acceptors (Lipinski definition) is 4. The Kier molecular flexibility index (Phi) is 8.58. The number of nitrogens with zero attached hydrogens (tertiary/aromatic N) is 1. The summed E-state index contributed by atoms with van der Waals surface area (Å²) in [7, 11) is 0. The van der Waals surface area contributed by atoms with Gasteiger partial charge in [-0.1, -0.05) is 27.7 Å². The monoisotopic (exact) mass is 282 g/mol. The van der Waals surface area contributed by atoms with Gasteiger partial charge < -0.3 is 19.4 Å². The summed E-state index contributed by atoms with van der Waals surface area (Å²) in [6.07, 6.45) is 0. The second kappa shape index (κ2) is 9.97. The zero-order chi connectivity index (χ0) is 14.8. The third-order valence-electron chi connectivity index (χ3n) is 3.26. The van der Waals surface area contributed by atoms with Gasteiger partial charge in [0.1, 0.15) is 18.1 Å². The van der Waals surface area contributed by atoms with E-state index in [4.69, 9.17) is 9.15 Å². The van der Waals surface area contributed by atoms with Crippen molar-refractivity contribution >= 4 is 0 Å².